The van der Waals surface area contributed by atoms with Crippen LogP contribution in [-0.2, 0) is 17.7 Å². The number of aromatic amines is 1. The number of H-pyrrole nitrogens is 1. The summed E-state index contributed by atoms with van der Waals surface area (Å²) in [4.78, 5) is 26.7. The van der Waals surface area contributed by atoms with Crippen LogP contribution in [0.25, 0.3) is 0 Å². The Hall–Kier alpha value is -1.09. The van der Waals surface area contributed by atoms with Gasteiger partial charge in [-0.15, -0.1) is 0 Å². The SMILES string of the molecule is Cc1cn([C@@H]2O[C@@H]3CO[Si](C(C)C)(C(C)C)O[Si](C(C)C)(C(C)C)O[C@@H]3[C@H]2O)c(=O)[nH]c1=O. The molecule has 0 spiro atoms. The molecule has 2 N–H and O–H groups in total. The summed E-state index contributed by atoms with van der Waals surface area (Å²) in [7, 11) is -5.65. The fourth-order valence-electron chi connectivity index (χ4n) is 5.14. The highest BCUT2D eigenvalue weighted by Gasteiger charge is 2.61. The molecule has 1 aromatic rings. The normalized spacial score (nSPS) is 29.5. The Morgan fingerprint density at radius 1 is 1.00 bits per heavy atom. The van der Waals surface area contributed by atoms with Crippen LogP contribution in [0.15, 0.2) is 15.8 Å². The number of rotatable bonds is 5. The summed E-state index contributed by atoms with van der Waals surface area (Å²) in [5, 5.41) is 11.3. The predicted molar refractivity (Wildman–Crippen MR) is 130 cm³/mol. The van der Waals surface area contributed by atoms with Gasteiger partial charge in [0.05, 0.1) is 6.61 Å². The Balaban J connectivity index is 2.10. The smallest absolute Gasteiger partial charge is 0.335 e. The van der Waals surface area contributed by atoms with Crippen molar-refractivity contribution in [2.45, 2.75) is 109 Å². The van der Waals surface area contributed by atoms with Crippen LogP contribution < -0.4 is 11.2 Å². The van der Waals surface area contributed by atoms with E-state index in [1.165, 1.54) is 10.8 Å². The van der Waals surface area contributed by atoms with Gasteiger partial charge < -0.3 is 22.8 Å². The minimum atomic E-state index is -2.92. The second-order valence-electron chi connectivity index (χ2n) is 10.6. The van der Waals surface area contributed by atoms with Crippen LogP contribution in [0.4, 0.5) is 0 Å². The zero-order valence-corrected chi connectivity index (χ0v) is 23.2. The van der Waals surface area contributed by atoms with Crippen LogP contribution in [0.2, 0.25) is 22.2 Å². The number of aliphatic hydroxyl groups excluding tert-OH is 1. The fraction of sp³-hybridized carbons (Fsp3) is 0.818. The second-order valence-corrected chi connectivity index (χ2v) is 19.4. The molecule has 2 fully saturated rings. The number of aromatic nitrogens is 2. The molecule has 2 saturated heterocycles. The maximum absolute atomic E-state index is 12.5. The van der Waals surface area contributed by atoms with Crippen molar-refractivity contribution in [1.82, 2.24) is 9.55 Å². The molecule has 2 aliphatic heterocycles. The van der Waals surface area contributed by atoms with Gasteiger partial charge >= 0.3 is 22.8 Å². The van der Waals surface area contributed by atoms with E-state index in [0.717, 1.165) is 0 Å². The zero-order valence-electron chi connectivity index (χ0n) is 21.2. The number of hydrogen-bond donors (Lipinski definition) is 2. The molecule has 33 heavy (non-hydrogen) atoms. The van der Waals surface area contributed by atoms with Gasteiger partial charge in [0.15, 0.2) is 6.23 Å². The predicted octanol–water partition coefficient (Wildman–Crippen LogP) is 3.06. The number of nitrogens with one attached hydrogen (secondary N) is 1. The molecule has 3 heterocycles. The van der Waals surface area contributed by atoms with Crippen molar-refractivity contribution in [2.24, 2.45) is 0 Å². The van der Waals surface area contributed by atoms with Crippen molar-refractivity contribution in [3.63, 3.8) is 0 Å². The molecule has 1 aromatic heterocycles. The average molecular weight is 501 g/mol. The quantitative estimate of drug-likeness (QED) is 0.598. The minimum absolute atomic E-state index is 0.105. The topological polar surface area (TPSA) is 112 Å². The van der Waals surface area contributed by atoms with E-state index in [-0.39, 0.29) is 28.8 Å². The van der Waals surface area contributed by atoms with Crippen molar-refractivity contribution in [3.8, 4) is 0 Å². The molecular weight excluding hydrogens is 460 g/mol. The van der Waals surface area contributed by atoms with Gasteiger partial charge in [-0.1, -0.05) is 55.4 Å². The summed E-state index contributed by atoms with van der Waals surface area (Å²) >= 11 is 0. The standard InChI is InChI=1S/C22H40N2O7Si2/c1-12(2)32(13(3)4)28-11-17-19(30-33(31-32,14(5)6)15(7)8)18(25)21(29-17)24-10-16(9)20(26)23-22(24)27/h10,12-15,17-19,21,25H,11H2,1-9H3,(H,23,26,27)/t17-,18-,19+,21-/m1/s1. The minimum Gasteiger partial charge on any atom is -0.414 e. The Morgan fingerprint density at radius 3 is 2.06 bits per heavy atom. The first-order valence-electron chi connectivity index (χ1n) is 11.9. The van der Waals surface area contributed by atoms with Gasteiger partial charge in [-0.2, -0.15) is 0 Å². The second kappa shape index (κ2) is 9.52. The summed E-state index contributed by atoms with van der Waals surface area (Å²) in [6.07, 6.45) is -1.98. The molecule has 0 bridgehead atoms. The van der Waals surface area contributed by atoms with E-state index in [9.17, 15) is 14.7 Å². The van der Waals surface area contributed by atoms with Crippen LogP contribution in [0, 0.1) is 6.92 Å². The van der Waals surface area contributed by atoms with Crippen LogP contribution in [0.3, 0.4) is 0 Å². The van der Waals surface area contributed by atoms with Crippen molar-refractivity contribution < 1.29 is 22.8 Å². The molecule has 0 amide bonds. The van der Waals surface area contributed by atoms with Gasteiger partial charge in [0.2, 0.25) is 0 Å². The van der Waals surface area contributed by atoms with Crippen molar-refractivity contribution >= 4 is 17.1 Å². The van der Waals surface area contributed by atoms with Gasteiger partial charge in [0, 0.05) is 11.8 Å². The summed E-state index contributed by atoms with van der Waals surface area (Å²) < 4.78 is 28.1. The highest BCUT2D eigenvalue weighted by Crippen LogP contribution is 2.48. The van der Waals surface area contributed by atoms with E-state index in [4.69, 9.17) is 17.7 Å². The third-order valence-electron chi connectivity index (χ3n) is 7.06. The van der Waals surface area contributed by atoms with Gasteiger partial charge in [-0.05, 0) is 29.1 Å². The average Bonchev–Trinajstić information content (AvgIpc) is 2.98. The molecule has 3 rings (SSSR count). The molecule has 9 nitrogen and oxygen atoms in total. The van der Waals surface area contributed by atoms with Crippen LogP contribution in [-0.4, -0.2) is 56.7 Å². The first-order valence-corrected chi connectivity index (χ1v) is 15.9. The largest absolute Gasteiger partial charge is 0.414 e. The van der Waals surface area contributed by atoms with Crippen LogP contribution in [0.1, 0.15) is 67.2 Å². The lowest BCUT2D eigenvalue weighted by Gasteiger charge is -2.51. The lowest BCUT2D eigenvalue weighted by atomic mass is 10.1. The van der Waals surface area contributed by atoms with Crippen LogP contribution in [0.5, 0.6) is 0 Å². The molecule has 4 atom stereocenters. The Labute approximate surface area is 197 Å². The first kappa shape index (κ1) is 26.5. The van der Waals surface area contributed by atoms with Crippen molar-refractivity contribution in [2.75, 3.05) is 6.61 Å². The lowest BCUT2D eigenvalue weighted by Crippen LogP contribution is -2.65. The van der Waals surface area contributed by atoms with E-state index in [2.05, 4.69) is 60.4 Å². The fourth-order valence-corrected chi connectivity index (χ4v) is 16.4. The number of fused-ring (bicyclic) bond motifs is 1. The van der Waals surface area contributed by atoms with Crippen LogP contribution >= 0.6 is 0 Å². The first-order chi connectivity index (χ1) is 15.3. The Bertz CT molecular complexity index is 943. The van der Waals surface area contributed by atoms with Gasteiger partial charge in [0.1, 0.15) is 18.3 Å². The van der Waals surface area contributed by atoms with Gasteiger partial charge in [0.25, 0.3) is 5.56 Å². The highest BCUT2D eigenvalue weighted by atomic mass is 28.5. The summed E-state index contributed by atoms with van der Waals surface area (Å²) in [5.74, 6) is 0. The van der Waals surface area contributed by atoms with E-state index in [1.54, 1.807) is 6.92 Å². The Morgan fingerprint density at radius 2 is 1.55 bits per heavy atom. The molecule has 2 aliphatic rings. The van der Waals surface area contributed by atoms with E-state index >= 15 is 0 Å². The molecule has 0 aromatic carbocycles. The lowest BCUT2D eigenvalue weighted by molar-refractivity contribution is -0.0601. The van der Waals surface area contributed by atoms with E-state index in [1.807, 2.05) is 0 Å². The third kappa shape index (κ3) is 4.48. The number of hydrogen-bond acceptors (Lipinski definition) is 7. The summed E-state index contributed by atoms with van der Waals surface area (Å²) in [6, 6.07) is 0. The molecule has 11 heteroatoms. The summed E-state index contributed by atoms with van der Waals surface area (Å²) in [5.41, 5.74) is -0.151. The highest BCUT2D eigenvalue weighted by molar-refractivity contribution is 6.83. The maximum atomic E-state index is 12.5. The monoisotopic (exact) mass is 500 g/mol. The number of aryl methyl sites for hydroxylation is 1. The van der Waals surface area contributed by atoms with Crippen molar-refractivity contribution in [1.29, 1.82) is 0 Å². The van der Waals surface area contributed by atoms with E-state index < -0.39 is 52.9 Å². The molecular formula is C22H40N2O7Si2. The number of nitrogens with zero attached hydrogens (tertiary/aromatic N) is 1. The van der Waals surface area contributed by atoms with Gasteiger partial charge in [-0.25, -0.2) is 4.79 Å². The van der Waals surface area contributed by atoms with Gasteiger partial charge in [-0.3, -0.25) is 14.3 Å². The number of ether oxygens (including phenoxy) is 1. The third-order valence-corrected chi connectivity index (χ3v) is 17.3. The Kier molecular flexibility index (Phi) is 7.65. The van der Waals surface area contributed by atoms with E-state index in [0.29, 0.717) is 5.56 Å². The maximum Gasteiger partial charge on any atom is 0.335 e. The number of aliphatic hydroxyl groups is 1. The molecule has 188 valence electrons. The molecule has 0 saturated carbocycles. The molecule has 0 radical (unpaired) electrons. The molecule has 0 aliphatic carbocycles. The summed E-state index contributed by atoms with van der Waals surface area (Å²) in [6.45, 7) is 18.8. The molecule has 0 unspecified atom stereocenters. The zero-order chi connectivity index (χ0) is 24.9. The van der Waals surface area contributed by atoms with Crippen molar-refractivity contribution in [3.05, 3.63) is 32.6 Å².